The first-order valence-electron chi connectivity index (χ1n) is 8.18. The second kappa shape index (κ2) is 7.21. The van der Waals surface area contributed by atoms with Gasteiger partial charge in [0.05, 0.1) is 18.1 Å². The van der Waals surface area contributed by atoms with Crippen LogP contribution in [0.4, 0.5) is 17.6 Å². The van der Waals surface area contributed by atoms with Crippen molar-refractivity contribution in [2.24, 2.45) is 0 Å². The molecule has 0 N–H and O–H groups in total. The molecule has 9 heteroatoms. The molecule has 2 aromatic carbocycles. The fourth-order valence-electron chi connectivity index (χ4n) is 3.10. The standard InChI is InChI=1S/C18H17F4NO3S/c1-2-23(17(18(20,21)22)12-3-6-15(19)7-4-12)27(24,25)16-8-5-13-10-26-11-14(13)9-16/h3-9,17H,2,10-11H2,1H3/t17-/m0/s1. The Kier molecular flexibility index (Phi) is 5.29. The molecule has 4 nitrogen and oxygen atoms in total. The summed E-state index contributed by atoms with van der Waals surface area (Å²) in [5, 5.41) is 0. The Labute approximate surface area is 154 Å². The van der Waals surface area contributed by atoms with Gasteiger partial charge in [-0.3, -0.25) is 0 Å². The van der Waals surface area contributed by atoms with Crippen molar-refractivity contribution in [3.05, 3.63) is 65.0 Å². The molecule has 27 heavy (non-hydrogen) atoms. The zero-order chi connectivity index (χ0) is 19.8. The highest BCUT2D eigenvalue weighted by molar-refractivity contribution is 7.89. The van der Waals surface area contributed by atoms with Gasteiger partial charge in [0.25, 0.3) is 0 Å². The van der Waals surface area contributed by atoms with Crippen LogP contribution < -0.4 is 0 Å². The lowest BCUT2D eigenvalue weighted by Gasteiger charge is -2.32. The van der Waals surface area contributed by atoms with Crippen LogP contribution in [0.2, 0.25) is 0 Å². The zero-order valence-corrected chi connectivity index (χ0v) is 15.1. The van der Waals surface area contributed by atoms with Gasteiger partial charge >= 0.3 is 6.18 Å². The van der Waals surface area contributed by atoms with E-state index >= 15 is 0 Å². The quantitative estimate of drug-likeness (QED) is 0.704. The summed E-state index contributed by atoms with van der Waals surface area (Å²) in [6, 6.07) is 5.40. The number of halogens is 4. The largest absolute Gasteiger partial charge is 0.409 e. The molecule has 0 aliphatic carbocycles. The van der Waals surface area contributed by atoms with Crippen LogP contribution in [-0.2, 0) is 28.0 Å². The van der Waals surface area contributed by atoms with Crippen molar-refractivity contribution in [3.8, 4) is 0 Å². The Morgan fingerprint density at radius 3 is 2.30 bits per heavy atom. The summed E-state index contributed by atoms with van der Waals surface area (Å²) in [7, 11) is -4.45. The molecule has 1 atom stereocenters. The normalized spacial score (nSPS) is 15.8. The number of sulfonamides is 1. The predicted molar refractivity (Wildman–Crippen MR) is 89.7 cm³/mol. The van der Waals surface area contributed by atoms with E-state index in [-0.39, 0.29) is 17.1 Å². The van der Waals surface area contributed by atoms with Crippen LogP contribution >= 0.6 is 0 Å². The van der Waals surface area contributed by atoms with E-state index in [1.165, 1.54) is 19.1 Å². The van der Waals surface area contributed by atoms with Crippen molar-refractivity contribution < 1.29 is 30.7 Å². The first-order chi connectivity index (χ1) is 12.6. The summed E-state index contributed by atoms with van der Waals surface area (Å²) in [5.41, 5.74) is 1.10. The summed E-state index contributed by atoms with van der Waals surface area (Å²) >= 11 is 0. The molecular formula is C18H17F4NO3S. The highest BCUT2D eigenvalue weighted by atomic mass is 32.2. The first-order valence-corrected chi connectivity index (χ1v) is 9.62. The van der Waals surface area contributed by atoms with Crippen LogP contribution in [0.3, 0.4) is 0 Å². The van der Waals surface area contributed by atoms with Gasteiger partial charge in [-0.15, -0.1) is 0 Å². The summed E-state index contributed by atoms with van der Waals surface area (Å²) in [6.45, 7) is 1.48. The van der Waals surface area contributed by atoms with Crippen molar-refractivity contribution in [3.63, 3.8) is 0 Å². The molecule has 3 rings (SSSR count). The SMILES string of the molecule is CCN([C@@H](c1ccc(F)cc1)C(F)(F)F)S(=O)(=O)c1ccc2c(c1)COC2. The minimum Gasteiger partial charge on any atom is -0.372 e. The number of rotatable bonds is 5. The minimum atomic E-state index is -4.87. The van der Waals surface area contributed by atoms with E-state index in [9.17, 15) is 26.0 Å². The lowest BCUT2D eigenvalue weighted by molar-refractivity contribution is -0.173. The second-order valence-corrected chi connectivity index (χ2v) is 8.02. The highest BCUT2D eigenvalue weighted by Gasteiger charge is 2.48. The Morgan fingerprint density at radius 2 is 1.70 bits per heavy atom. The van der Waals surface area contributed by atoms with Crippen LogP contribution in [-0.4, -0.2) is 25.4 Å². The van der Waals surface area contributed by atoms with Gasteiger partial charge in [0.1, 0.15) is 11.9 Å². The Bertz CT molecular complexity index is 927. The average Bonchev–Trinajstić information content (AvgIpc) is 3.07. The average molecular weight is 403 g/mol. The van der Waals surface area contributed by atoms with E-state index in [0.29, 0.717) is 16.5 Å². The summed E-state index contributed by atoms with van der Waals surface area (Å²) < 4.78 is 86.1. The Morgan fingerprint density at radius 1 is 1.07 bits per heavy atom. The molecule has 1 heterocycles. The van der Waals surface area contributed by atoms with Crippen LogP contribution in [0.15, 0.2) is 47.4 Å². The molecule has 0 bridgehead atoms. The third-order valence-corrected chi connectivity index (χ3v) is 6.33. The van der Waals surface area contributed by atoms with Gasteiger partial charge in [-0.1, -0.05) is 25.1 Å². The van der Waals surface area contributed by atoms with Gasteiger partial charge in [0.15, 0.2) is 0 Å². The van der Waals surface area contributed by atoms with E-state index in [4.69, 9.17) is 4.74 Å². The van der Waals surface area contributed by atoms with Crippen LogP contribution in [0.25, 0.3) is 0 Å². The van der Waals surface area contributed by atoms with Gasteiger partial charge in [0, 0.05) is 6.54 Å². The van der Waals surface area contributed by atoms with Gasteiger partial charge in [-0.25, -0.2) is 12.8 Å². The van der Waals surface area contributed by atoms with Gasteiger partial charge in [-0.05, 0) is 41.0 Å². The number of ether oxygens (including phenoxy) is 1. The predicted octanol–water partition coefficient (Wildman–Crippen LogP) is 4.17. The topological polar surface area (TPSA) is 46.6 Å². The molecule has 0 saturated heterocycles. The summed E-state index contributed by atoms with van der Waals surface area (Å²) in [6.07, 6.45) is -4.87. The molecule has 2 aromatic rings. The van der Waals surface area contributed by atoms with Gasteiger partial charge < -0.3 is 4.74 Å². The molecule has 0 amide bonds. The minimum absolute atomic E-state index is 0.214. The Hall–Kier alpha value is -1.97. The number of fused-ring (bicyclic) bond motifs is 1. The number of alkyl halides is 3. The maximum Gasteiger partial charge on any atom is 0.409 e. The van der Waals surface area contributed by atoms with Crippen molar-refractivity contribution in [2.45, 2.75) is 37.3 Å². The second-order valence-electron chi connectivity index (χ2n) is 6.13. The van der Waals surface area contributed by atoms with Gasteiger partial charge in [0.2, 0.25) is 10.0 Å². The summed E-state index contributed by atoms with van der Waals surface area (Å²) in [4.78, 5) is -0.232. The van der Waals surface area contributed by atoms with Gasteiger partial charge in [-0.2, -0.15) is 17.5 Å². The third kappa shape index (κ3) is 3.85. The van der Waals surface area contributed by atoms with E-state index in [2.05, 4.69) is 0 Å². The van der Waals surface area contributed by atoms with Crippen molar-refractivity contribution in [1.29, 1.82) is 0 Å². The molecule has 0 aromatic heterocycles. The molecule has 1 aliphatic heterocycles. The van der Waals surface area contributed by atoms with Crippen molar-refractivity contribution in [2.75, 3.05) is 6.54 Å². The molecule has 0 saturated carbocycles. The van der Waals surface area contributed by atoms with Crippen molar-refractivity contribution in [1.82, 2.24) is 4.31 Å². The fraction of sp³-hybridized carbons (Fsp3) is 0.333. The smallest absolute Gasteiger partial charge is 0.372 e. The van der Waals surface area contributed by atoms with E-state index in [1.807, 2.05) is 0 Å². The number of hydrogen-bond donors (Lipinski definition) is 0. The number of nitrogens with zero attached hydrogens (tertiary/aromatic N) is 1. The molecule has 0 unspecified atom stereocenters. The number of benzene rings is 2. The van der Waals surface area contributed by atoms with Crippen LogP contribution in [0.1, 0.15) is 29.7 Å². The molecule has 146 valence electrons. The number of hydrogen-bond acceptors (Lipinski definition) is 3. The van der Waals surface area contributed by atoms with E-state index < -0.39 is 34.6 Å². The van der Waals surface area contributed by atoms with Crippen molar-refractivity contribution >= 4 is 10.0 Å². The lowest BCUT2D eigenvalue weighted by Crippen LogP contribution is -2.42. The van der Waals surface area contributed by atoms with Crippen LogP contribution in [0.5, 0.6) is 0 Å². The van der Waals surface area contributed by atoms with Crippen LogP contribution in [0, 0.1) is 5.82 Å². The molecule has 0 radical (unpaired) electrons. The third-order valence-electron chi connectivity index (χ3n) is 4.39. The summed E-state index contributed by atoms with van der Waals surface area (Å²) in [5.74, 6) is -0.704. The highest BCUT2D eigenvalue weighted by Crippen LogP contribution is 2.40. The van der Waals surface area contributed by atoms with E-state index in [1.54, 1.807) is 6.07 Å². The first kappa shape index (κ1) is 19.8. The maximum absolute atomic E-state index is 13.8. The fourth-order valence-corrected chi connectivity index (χ4v) is 4.76. The lowest BCUT2D eigenvalue weighted by atomic mass is 10.1. The monoisotopic (exact) mass is 403 g/mol. The molecule has 1 aliphatic rings. The maximum atomic E-state index is 13.8. The Balaban J connectivity index is 2.07. The molecule has 0 spiro atoms. The van der Waals surface area contributed by atoms with E-state index in [0.717, 1.165) is 29.8 Å². The molecular weight excluding hydrogens is 386 g/mol. The molecule has 0 fully saturated rings. The zero-order valence-electron chi connectivity index (χ0n) is 14.3.